The summed E-state index contributed by atoms with van der Waals surface area (Å²) in [7, 11) is 0. The highest BCUT2D eigenvalue weighted by Gasteiger charge is 2.13. The van der Waals surface area contributed by atoms with Crippen LogP contribution in [0.5, 0.6) is 5.75 Å². The molecule has 0 heterocycles. The van der Waals surface area contributed by atoms with Gasteiger partial charge >= 0.3 is 0 Å². The van der Waals surface area contributed by atoms with Crippen molar-refractivity contribution >= 4 is 0 Å². The Kier molecular flexibility index (Phi) is 6.05. The van der Waals surface area contributed by atoms with E-state index in [1.165, 1.54) is 0 Å². The summed E-state index contributed by atoms with van der Waals surface area (Å²) >= 11 is 0. The van der Waals surface area contributed by atoms with E-state index in [1.54, 1.807) is 0 Å². The van der Waals surface area contributed by atoms with E-state index >= 15 is 0 Å². The number of azide groups is 1. The average molecular weight is 249 g/mol. The monoisotopic (exact) mass is 249 g/mol. The minimum Gasteiger partial charge on any atom is -0.493 e. The molecule has 1 aromatic rings. The lowest BCUT2D eigenvalue weighted by molar-refractivity contribution is 0.160. The van der Waals surface area contributed by atoms with Crippen LogP contribution in [0.3, 0.4) is 0 Å². The summed E-state index contributed by atoms with van der Waals surface area (Å²) in [6.45, 7) is 4.87. The molecular formula is C13H19N3O2. The summed E-state index contributed by atoms with van der Waals surface area (Å²) in [5.41, 5.74) is 10.1. The second kappa shape index (κ2) is 7.58. The predicted molar refractivity (Wildman–Crippen MR) is 70.6 cm³/mol. The van der Waals surface area contributed by atoms with E-state index in [0.717, 1.165) is 16.9 Å². The summed E-state index contributed by atoms with van der Waals surface area (Å²) in [5.74, 6) is 0.722. The Labute approximate surface area is 107 Å². The largest absolute Gasteiger partial charge is 0.493 e. The molecule has 1 N–H and O–H groups in total. The van der Waals surface area contributed by atoms with E-state index in [9.17, 15) is 5.11 Å². The zero-order valence-corrected chi connectivity index (χ0v) is 10.8. The molecule has 1 atom stereocenters. The normalized spacial score (nSPS) is 11.7. The summed E-state index contributed by atoms with van der Waals surface area (Å²) in [6, 6.07) is 5.77. The number of benzene rings is 1. The molecule has 0 aliphatic carbocycles. The van der Waals surface area contributed by atoms with Gasteiger partial charge in [-0.25, -0.2) is 0 Å². The molecule has 5 nitrogen and oxygen atoms in total. The third-order valence-electron chi connectivity index (χ3n) is 2.62. The maximum atomic E-state index is 10.1. The summed E-state index contributed by atoms with van der Waals surface area (Å²) in [5, 5.41) is 13.6. The van der Waals surface area contributed by atoms with E-state index in [1.807, 2.05) is 32.0 Å². The maximum absolute atomic E-state index is 10.1. The van der Waals surface area contributed by atoms with E-state index < -0.39 is 6.10 Å². The van der Waals surface area contributed by atoms with Crippen LogP contribution in [0, 0.1) is 6.92 Å². The van der Waals surface area contributed by atoms with Gasteiger partial charge in [0, 0.05) is 17.0 Å². The maximum Gasteiger partial charge on any atom is 0.125 e. The summed E-state index contributed by atoms with van der Waals surface area (Å²) < 4.78 is 5.50. The molecule has 1 rings (SSSR count). The van der Waals surface area contributed by atoms with Gasteiger partial charge in [0.2, 0.25) is 0 Å². The van der Waals surface area contributed by atoms with Crippen molar-refractivity contribution in [1.82, 2.24) is 0 Å². The second-order valence-electron chi connectivity index (χ2n) is 4.09. The molecule has 0 aliphatic heterocycles. The van der Waals surface area contributed by atoms with E-state index in [4.69, 9.17) is 10.3 Å². The summed E-state index contributed by atoms with van der Waals surface area (Å²) in [6.07, 6.45) is 0.633. The lowest BCUT2D eigenvalue weighted by atomic mass is 10.0. The van der Waals surface area contributed by atoms with Gasteiger partial charge in [0.25, 0.3) is 0 Å². The van der Waals surface area contributed by atoms with Crippen molar-refractivity contribution in [3.63, 3.8) is 0 Å². The highest BCUT2D eigenvalue weighted by molar-refractivity contribution is 5.38. The van der Waals surface area contributed by atoms with Crippen molar-refractivity contribution in [2.45, 2.75) is 32.8 Å². The quantitative estimate of drug-likeness (QED) is 0.347. The van der Waals surface area contributed by atoms with Gasteiger partial charge in [-0.2, -0.15) is 0 Å². The van der Waals surface area contributed by atoms with Crippen LogP contribution in [0.15, 0.2) is 23.3 Å². The molecule has 0 aliphatic rings. The van der Waals surface area contributed by atoms with Crippen LogP contribution in [0.2, 0.25) is 0 Å². The molecule has 0 fully saturated rings. The fourth-order valence-electron chi connectivity index (χ4n) is 1.77. The van der Waals surface area contributed by atoms with Gasteiger partial charge in [-0.1, -0.05) is 16.7 Å². The zero-order valence-electron chi connectivity index (χ0n) is 10.8. The van der Waals surface area contributed by atoms with Crippen molar-refractivity contribution in [3.05, 3.63) is 39.8 Å². The van der Waals surface area contributed by atoms with Crippen LogP contribution >= 0.6 is 0 Å². The minimum absolute atomic E-state index is 0.406. The van der Waals surface area contributed by atoms with Crippen molar-refractivity contribution in [1.29, 1.82) is 0 Å². The third-order valence-corrected chi connectivity index (χ3v) is 2.62. The molecule has 0 aromatic heterocycles. The number of nitrogens with zero attached hydrogens (tertiary/aromatic N) is 3. The number of rotatable bonds is 7. The van der Waals surface area contributed by atoms with Gasteiger partial charge in [-0.15, -0.1) is 0 Å². The molecule has 0 saturated heterocycles. The molecule has 1 unspecified atom stereocenters. The number of hydrogen-bond donors (Lipinski definition) is 1. The van der Waals surface area contributed by atoms with E-state index in [-0.39, 0.29) is 0 Å². The zero-order chi connectivity index (χ0) is 13.4. The molecule has 0 amide bonds. The number of aryl methyl sites for hydroxylation is 1. The predicted octanol–water partition coefficient (Wildman–Crippen LogP) is 3.52. The Hall–Kier alpha value is -1.71. The van der Waals surface area contributed by atoms with Crippen molar-refractivity contribution < 1.29 is 9.84 Å². The van der Waals surface area contributed by atoms with Crippen LogP contribution in [0.25, 0.3) is 10.4 Å². The Morgan fingerprint density at radius 3 is 2.94 bits per heavy atom. The molecule has 0 saturated carbocycles. The molecule has 0 bridgehead atoms. The van der Waals surface area contributed by atoms with Crippen molar-refractivity contribution in [2.75, 3.05) is 13.2 Å². The first kappa shape index (κ1) is 14.4. The fourth-order valence-corrected chi connectivity index (χ4v) is 1.77. The highest BCUT2D eigenvalue weighted by atomic mass is 16.5. The van der Waals surface area contributed by atoms with Gasteiger partial charge in [0.1, 0.15) is 5.75 Å². The number of hydrogen-bond acceptors (Lipinski definition) is 3. The second-order valence-corrected chi connectivity index (χ2v) is 4.09. The molecule has 98 valence electrons. The smallest absolute Gasteiger partial charge is 0.125 e. The lowest BCUT2D eigenvalue weighted by Crippen LogP contribution is -2.03. The number of aliphatic hydroxyl groups excluding tert-OH is 1. The average Bonchev–Trinajstić information content (AvgIpc) is 2.37. The standard InChI is InChI=1S/C13H19N3O2/c1-3-18-13-7-6-10(2)9-11(13)12(17)5-4-8-15-16-14/h6-7,9,12,17H,3-5,8H2,1-2H3. The van der Waals surface area contributed by atoms with Crippen LogP contribution in [0.1, 0.15) is 37.0 Å². The first-order chi connectivity index (χ1) is 8.69. The Bertz CT molecular complexity index is 428. The van der Waals surface area contributed by atoms with Gasteiger partial charge in [0.15, 0.2) is 0 Å². The first-order valence-corrected chi connectivity index (χ1v) is 6.11. The minimum atomic E-state index is -0.583. The van der Waals surface area contributed by atoms with E-state index in [0.29, 0.717) is 26.0 Å². The Morgan fingerprint density at radius 1 is 1.50 bits per heavy atom. The Morgan fingerprint density at radius 2 is 2.28 bits per heavy atom. The van der Waals surface area contributed by atoms with Crippen LogP contribution in [-0.4, -0.2) is 18.3 Å². The molecule has 0 spiro atoms. The van der Waals surface area contributed by atoms with Gasteiger partial charge in [-0.3, -0.25) is 0 Å². The topological polar surface area (TPSA) is 78.2 Å². The molecule has 1 aromatic carbocycles. The van der Waals surface area contributed by atoms with Gasteiger partial charge < -0.3 is 9.84 Å². The van der Waals surface area contributed by atoms with Crippen LogP contribution in [-0.2, 0) is 0 Å². The third kappa shape index (κ3) is 4.28. The highest BCUT2D eigenvalue weighted by Crippen LogP contribution is 2.29. The number of ether oxygens (including phenoxy) is 1. The lowest BCUT2D eigenvalue weighted by Gasteiger charge is -2.16. The number of aliphatic hydroxyl groups is 1. The SMILES string of the molecule is CCOc1ccc(C)cc1C(O)CCCN=[N+]=[N-]. The molecular weight excluding hydrogens is 230 g/mol. The van der Waals surface area contributed by atoms with E-state index in [2.05, 4.69) is 10.0 Å². The van der Waals surface area contributed by atoms with Gasteiger partial charge in [-0.05, 0) is 44.4 Å². The molecule has 5 heteroatoms. The van der Waals surface area contributed by atoms with Crippen LogP contribution in [0.4, 0.5) is 0 Å². The van der Waals surface area contributed by atoms with Crippen molar-refractivity contribution in [2.24, 2.45) is 5.11 Å². The first-order valence-electron chi connectivity index (χ1n) is 6.11. The fraction of sp³-hybridized carbons (Fsp3) is 0.538. The Balaban J connectivity index is 2.72. The molecule has 18 heavy (non-hydrogen) atoms. The van der Waals surface area contributed by atoms with Gasteiger partial charge in [0.05, 0.1) is 12.7 Å². The summed E-state index contributed by atoms with van der Waals surface area (Å²) in [4.78, 5) is 2.69. The van der Waals surface area contributed by atoms with Crippen molar-refractivity contribution in [3.8, 4) is 5.75 Å². The molecule has 0 radical (unpaired) electrons. The van der Waals surface area contributed by atoms with Crippen LogP contribution < -0.4 is 4.74 Å².